The number of aryl methyl sites for hydroxylation is 1. The van der Waals surface area contributed by atoms with Crippen molar-refractivity contribution in [3.05, 3.63) is 42.7 Å². The van der Waals surface area contributed by atoms with Crippen LogP contribution in [0.2, 0.25) is 0 Å². The average molecular weight is 311 g/mol. The number of imidazole rings is 1. The normalized spacial score (nSPS) is 12.1. The molecule has 0 aliphatic rings. The van der Waals surface area contributed by atoms with Crippen LogP contribution in [0, 0.1) is 0 Å². The van der Waals surface area contributed by atoms with Crippen LogP contribution in [0.3, 0.4) is 0 Å². The minimum atomic E-state index is -0.646. The fraction of sp³-hybridized carbons (Fsp3) is 0.235. The van der Waals surface area contributed by atoms with E-state index in [9.17, 15) is 4.79 Å². The number of hydrogen-bond acceptors (Lipinski definition) is 5. The maximum atomic E-state index is 11.4. The molecule has 0 aliphatic carbocycles. The van der Waals surface area contributed by atoms with Crippen LogP contribution in [0.5, 0.6) is 5.75 Å². The average Bonchev–Trinajstić information content (AvgIpc) is 2.92. The summed E-state index contributed by atoms with van der Waals surface area (Å²) in [4.78, 5) is 20.1. The van der Waals surface area contributed by atoms with Crippen molar-refractivity contribution in [2.24, 2.45) is 7.05 Å². The van der Waals surface area contributed by atoms with Crippen molar-refractivity contribution < 1.29 is 14.3 Å². The molecule has 23 heavy (non-hydrogen) atoms. The Kier molecular flexibility index (Phi) is 3.97. The summed E-state index contributed by atoms with van der Waals surface area (Å²) >= 11 is 0. The molecule has 2 aromatic heterocycles. The van der Waals surface area contributed by atoms with Gasteiger partial charge in [0.05, 0.1) is 24.3 Å². The topological polar surface area (TPSA) is 66.2 Å². The van der Waals surface area contributed by atoms with Crippen LogP contribution < -0.4 is 4.74 Å². The van der Waals surface area contributed by atoms with Gasteiger partial charge >= 0.3 is 5.97 Å². The molecule has 0 aliphatic heterocycles. The van der Waals surface area contributed by atoms with Crippen LogP contribution in [0.4, 0.5) is 0 Å². The highest BCUT2D eigenvalue weighted by molar-refractivity contribution is 5.79. The molecular weight excluding hydrogens is 294 g/mol. The predicted octanol–water partition coefficient (Wildman–Crippen LogP) is 2.58. The third-order valence-electron chi connectivity index (χ3n) is 3.64. The highest BCUT2D eigenvalue weighted by atomic mass is 16.6. The summed E-state index contributed by atoms with van der Waals surface area (Å²) in [7, 11) is 3.29. The smallest absolute Gasteiger partial charge is 0.346 e. The van der Waals surface area contributed by atoms with Crippen molar-refractivity contribution in [2.75, 3.05) is 7.11 Å². The summed E-state index contributed by atoms with van der Waals surface area (Å²) in [5, 5.41) is 0. The number of benzene rings is 1. The molecular formula is C17H17N3O3. The molecule has 118 valence electrons. The van der Waals surface area contributed by atoms with Crippen molar-refractivity contribution in [3.8, 4) is 17.1 Å². The van der Waals surface area contributed by atoms with E-state index in [0.29, 0.717) is 5.75 Å². The molecule has 6 heteroatoms. The summed E-state index contributed by atoms with van der Waals surface area (Å²) in [5.41, 5.74) is 2.83. The lowest BCUT2D eigenvalue weighted by Gasteiger charge is -2.12. The van der Waals surface area contributed by atoms with Crippen LogP contribution in [0.15, 0.2) is 42.7 Å². The van der Waals surface area contributed by atoms with E-state index in [4.69, 9.17) is 4.74 Å². The number of aromatic nitrogens is 3. The monoisotopic (exact) mass is 311 g/mol. The van der Waals surface area contributed by atoms with Gasteiger partial charge in [-0.05, 0) is 37.3 Å². The Morgan fingerprint density at radius 3 is 2.61 bits per heavy atom. The fourth-order valence-electron chi connectivity index (χ4n) is 2.39. The number of rotatable bonds is 4. The molecule has 0 saturated heterocycles. The quantitative estimate of drug-likeness (QED) is 0.693. The molecule has 3 aromatic rings. The van der Waals surface area contributed by atoms with E-state index in [-0.39, 0.29) is 0 Å². The van der Waals surface area contributed by atoms with Gasteiger partial charge in [-0.25, -0.2) is 9.78 Å². The van der Waals surface area contributed by atoms with Crippen molar-refractivity contribution in [1.82, 2.24) is 14.5 Å². The first-order chi connectivity index (χ1) is 11.1. The van der Waals surface area contributed by atoms with Gasteiger partial charge in [0.15, 0.2) is 6.10 Å². The number of pyridine rings is 1. The number of methoxy groups -OCH3 is 1. The van der Waals surface area contributed by atoms with E-state index < -0.39 is 12.1 Å². The zero-order valence-electron chi connectivity index (χ0n) is 13.2. The van der Waals surface area contributed by atoms with E-state index in [1.165, 1.54) is 7.11 Å². The summed E-state index contributed by atoms with van der Waals surface area (Å²) in [5.74, 6) is 1.05. The van der Waals surface area contributed by atoms with Gasteiger partial charge in [-0.15, -0.1) is 0 Å². The second kappa shape index (κ2) is 6.08. The zero-order valence-corrected chi connectivity index (χ0v) is 13.2. The van der Waals surface area contributed by atoms with Crippen molar-refractivity contribution in [3.63, 3.8) is 0 Å². The van der Waals surface area contributed by atoms with Gasteiger partial charge in [0.2, 0.25) is 0 Å². The molecule has 1 atom stereocenters. The molecule has 1 aromatic carbocycles. The second-order valence-electron chi connectivity index (χ2n) is 5.17. The van der Waals surface area contributed by atoms with Gasteiger partial charge in [-0.2, -0.15) is 0 Å². The molecule has 0 spiro atoms. The maximum absolute atomic E-state index is 11.4. The molecule has 0 radical (unpaired) electrons. The first-order valence-corrected chi connectivity index (χ1v) is 7.21. The Bertz CT molecular complexity index is 840. The second-order valence-corrected chi connectivity index (χ2v) is 5.17. The Labute approximate surface area is 133 Å². The first kappa shape index (κ1) is 15.0. The number of carbonyl (C=O) groups excluding carboxylic acids is 1. The van der Waals surface area contributed by atoms with E-state index in [0.717, 1.165) is 22.4 Å². The lowest BCUT2D eigenvalue weighted by atomic mass is 10.2. The lowest BCUT2D eigenvalue weighted by Crippen LogP contribution is -2.24. The van der Waals surface area contributed by atoms with Gasteiger partial charge in [0.25, 0.3) is 0 Å². The van der Waals surface area contributed by atoms with E-state index in [1.807, 2.05) is 41.9 Å². The molecule has 0 fully saturated rings. The maximum Gasteiger partial charge on any atom is 0.346 e. The number of nitrogens with zero attached hydrogens (tertiary/aromatic N) is 3. The van der Waals surface area contributed by atoms with Gasteiger partial charge < -0.3 is 14.0 Å². The number of carbonyl (C=O) groups is 1. The first-order valence-electron chi connectivity index (χ1n) is 7.21. The fourth-order valence-corrected chi connectivity index (χ4v) is 2.39. The molecule has 0 amide bonds. The van der Waals surface area contributed by atoms with Crippen LogP contribution in [0.1, 0.15) is 6.92 Å². The highest BCUT2D eigenvalue weighted by Gasteiger charge is 2.15. The van der Waals surface area contributed by atoms with E-state index >= 15 is 0 Å². The van der Waals surface area contributed by atoms with Gasteiger partial charge in [-0.1, -0.05) is 0 Å². The third-order valence-corrected chi connectivity index (χ3v) is 3.64. The van der Waals surface area contributed by atoms with Crippen molar-refractivity contribution >= 4 is 17.0 Å². The van der Waals surface area contributed by atoms with Crippen LogP contribution >= 0.6 is 0 Å². The highest BCUT2D eigenvalue weighted by Crippen LogP contribution is 2.25. The predicted molar refractivity (Wildman–Crippen MR) is 86.1 cm³/mol. The van der Waals surface area contributed by atoms with Crippen molar-refractivity contribution in [2.45, 2.75) is 13.0 Å². The summed E-state index contributed by atoms with van der Waals surface area (Å²) < 4.78 is 12.2. The van der Waals surface area contributed by atoms with Gasteiger partial charge in [-0.3, -0.25) is 4.98 Å². The minimum absolute atomic E-state index is 0.406. The molecule has 2 heterocycles. The van der Waals surface area contributed by atoms with Gasteiger partial charge in [0.1, 0.15) is 11.6 Å². The standard InChI is InChI=1S/C17H17N3O3/c1-11(17(21)22-3)23-13-6-4-12(5-7-13)16-19-14-8-9-18-10-15(14)20(16)2/h4-11H,1-3H3. The molecule has 0 saturated carbocycles. The Hall–Kier alpha value is -2.89. The summed E-state index contributed by atoms with van der Waals surface area (Å²) in [6.45, 7) is 1.65. The summed E-state index contributed by atoms with van der Waals surface area (Å²) in [6, 6.07) is 9.33. The van der Waals surface area contributed by atoms with E-state index in [2.05, 4.69) is 14.7 Å². The molecule has 1 unspecified atom stereocenters. The molecule has 0 bridgehead atoms. The minimum Gasteiger partial charge on any atom is -0.479 e. The molecule has 0 N–H and O–H groups in total. The third kappa shape index (κ3) is 2.88. The SMILES string of the molecule is COC(=O)C(C)Oc1ccc(-c2nc3ccncc3n2C)cc1. The Balaban J connectivity index is 1.86. The number of fused-ring (bicyclic) bond motifs is 1. The van der Waals surface area contributed by atoms with E-state index in [1.54, 1.807) is 19.3 Å². The number of hydrogen-bond donors (Lipinski definition) is 0. The summed E-state index contributed by atoms with van der Waals surface area (Å²) in [6.07, 6.45) is 2.87. The van der Waals surface area contributed by atoms with Crippen LogP contribution in [-0.2, 0) is 16.6 Å². The number of ether oxygens (including phenoxy) is 2. The Morgan fingerprint density at radius 1 is 1.22 bits per heavy atom. The van der Waals surface area contributed by atoms with Gasteiger partial charge in [0, 0.05) is 18.8 Å². The molecule has 6 nitrogen and oxygen atoms in total. The lowest BCUT2D eigenvalue weighted by molar-refractivity contribution is -0.147. The van der Waals surface area contributed by atoms with Crippen LogP contribution in [0.25, 0.3) is 22.4 Å². The Morgan fingerprint density at radius 2 is 1.96 bits per heavy atom. The van der Waals surface area contributed by atoms with Crippen molar-refractivity contribution in [1.29, 1.82) is 0 Å². The van der Waals surface area contributed by atoms with Crippen LogP contribution in [-0.4, -0.2) is 33.7 Å². The number of esters is 1. The zero-order chi connectivity index (χ0) is 16.4. The molecule has 3 rings (SSSR count). The largest absolute Gasteiger partial charge is 0.479 e.